The maximum absolute atomic E-state index is 12.1. The molecule has 0 spiro atoms. The number of nitrogens with one attached hydrogen (secondary N) is 1. The lowest BCUT2D eigenvalue weighted by Crippen LogP contribution is -2.51. The number of hydrogen-bond acceptors (Lipinski definition) is 2. The van der Waals surface area contributed by atoms with Crippen molar-refractivity contribution >= 4 is 6.09 Å². The molecule has 194 valence electrons. The van der Waals surface area contributed by atoms with Gasteiger partial charge in [0.05, 0.1) is 0 Å². The minimum Gasteiger partial charge on any atom is -0.446 e. The largest absolute Gasteiger partial charge is 0.446 e. The number of amides is 1. The number of allylic oxidation sites excluding steroid dienone is 1. The van der Waals surface area contributed by atoms with Gasteiger partial charge in [-0.3, -0.25) is 0 Å². The Morgan fingerprint density at radius 3 is 2.62 bits per heavy atom. The second kappa shape index (κ2) is 10.6. The zero-order valence-electron chi connectivity index (χ0n) is 23.1. The Labute approximate surface area is 210 Å². The first-order chi connectivity index (χ1) is 16.2. The fourth-order valence-electron chi connectivity index (χ4n) is 9.17. The predicted octanol–water partition coefficient (Wildman–Crippen LogP) is 8.53. The topological polar surface area (TPSA) is 38.3 Å². The van der Waals surface area contributed by atoms with E-state index < -0.39 is 0 Å². The van der Waals surface area contributed by atoms with E-state index >= 15 is 0 Å². The molecule has 0 aliphatic heterocycles. The molecular weight excluding hydrogens is 418 g/mol. The molecule has 34 heavy (non-hydrogen) atoms. The monoisotopic (exact) mass is 471 g/mol. The summed E-state index contributed by atoms with van der Waals surface area (Å²) in [5.74, 6) is 5.25. The van der Waals surface area contributed by atoms with Crippen LogP contribution in [0.5, 0.6) is 0 Å². The van der Waals surface area contributed by atoms with Crippen molar-refractivity contribution in [1.82, 2.24) is 5.32 Å². The van der Waals surface area contributed by atoms with E-state index in [9.17, 15) is 4.79 Å². The van der Waals surface area contributed by atoms with Gasteiger partial charge in [0.25, 0.3) is 0 Å². The Bertz CT molecular complexity index is 744. The van der Waals surface area contributed by atoms with Crippen LogP contribution in [0.2, 0.25) is 0 Å². The summed E-state index contributed by atoms with van der Waals surface area (Å²) in [4.78, 5) is 12.1. The molecule has 3 saturated carbocycles. The van der Waals surface area contributed by atoms with Crippen molar-refractivity contribution in [2.45, 2.75) is 125 Å². The number of carbonyl (C=O) groups excluding carboxylic acids is 1. The van der Waals surface area contributed by atoms with Gasteiger partial charge in [0, 0.05) is 13.0 Å². The smallest absolute Gasteiger partial charge is 0.407 e. The molecule has 0 aromatic rings. The molecule has 1 amide bonds. The average molecular weight is 472 g/mol. The van der Waals surface area contributed by atoms with Crippen molar-refractivity contribution < 1.29 is 9.53 Å². The third-order valence-electron chi connectivity index (χ3n) is 11.1. The minimum atomic E-state index is -0.224. The molecule has 0 bridgehead atoms. The van der Waals surface area contributed by atoms with Gasteiger partial charge in [-0.05, 0) is 97.7 Å². The number of ether oxygens (including phenoxy) is 1. The number of rotatable bonds is 8. The molecule has 4 aliphatic rings. The van der Waals surface area contributed by atoms with Gasteiger partial charge in [0.15, 0.2) is 0 Å². The van der Waals surface area contributed by atoms with Crippen LogP contribution in [0.1, 0.15) is 119 Å². The van der Waals surface area contributed by atoms with Crippen molar-refractivity contribution in [3.63, 3.8) is 0 Å². The Balaban J connectivity index is 1.41. The molecule has 4 aliphatic carbocycles. The highest BCUT2D eigenvalue weighted by Crippen LogP contribution is 2.67. The molecule has 1 N–H and O–H groups in total. The SMILES string of the molecule is CCCNC(=O)O[C@H]1CC[C@@]2(C)C(=CC[C@H]3[C@@H]4CC[C@H]([C@H](C)CCCC(C)C)[C@@]4(C)CC[C@@H]32)C1. The maximum Gasteiger partial charge on any atom is 0.407 e. The van der Waals surface area contributed by atoms with Crippen LogP contribution in [-0.4, -0.2) is 18.7 Å². The Morgan fingerprint density at radius 2 is 1.88 bits per heavy atom. The normalized spacial score (nSPS) is 40.1. The van der Waals surface area contributed by atoms with Crippen LogP contribution < -0.4 is 5.32 Å². The van der Waals surface area contributed by atoms with Crippen LogP contribution in [0.3, 0.4) is 0 Å². The summed E-state index contributed by atoms with van der Waals surface area (Å²) in [7, 11) is 0. The van der Waals surface area contributed by atoms with E-state index in [-0.39, 0.29) is 12.2 Å². The van der Waals surface area contributed by atoms with Gasteiger partial charge in [0.1, 0.15) is 6.10 Å². The van der Waals surface area contributed by atoms with E-state index in [1.54, 1.807) is 5.57 Å². The van der Waals surface area contributed by atoms with Crippen LogP contribution in [0.25, 0.3) is 0 Å². The van der Waals surface area contributed by atoms with Crippen LogP contribution in [0.4, 0.5) is 4.79 Å². The van der Waals surface area contributed by atoms with Crippen LogP contribution in [0.15, 0.2) is 11.6 Å². The lowest BCUT2D eigenvalue weighted by Gasteiger charge is -2.58. The first-order valence-corrected chi connectivity index (χ1v) is 14.8. The van der Waals surface area contributed by atoms with Crippen LogP contribution in [0, 0.1) is 46.3 Å². The molecule has 0 aromatic carbocycles. The van der Waals surface area contributed by atoms with Gasteiger partial charge < -0.3 is 10.1 Å². The van der Waals surface area contributed by atoms with Crippen molar-refractivity contribution in [3.8, 4) is 0 Å². The van der Waals surface area contributed by atoms with Crippen LogP contribution >= 0.6 is 0 Å². The highest BCUT2D eigenvalue weighted by Gasteiger charge is 2.59. The summed E-state index contributed by atoms with van der Waals surface area (Å²) in [6, 6.07) is 0. The summed E-state index contributed by atoms with van der Waals surface area (Å²) in [5.41, 5.74) is 2.48. The Kier molecular flexibility index (Phi) is 8.10. The first kappa shape index (κ1) is 26.1. The van der Waals surface area contributed by atoms with Gasteiger partial charge in [-0.1, -0.05) is 72.5 Å². The molecule has 0 saturated heterocycles. The minimum absolute atomic E-state index is 0.0594. The predicted molar refractivity (Wildman–Crippen MR) is 142 cm³/mol. The van der Waals surface area contributed by atoms with E-state index in [1.165, 1.54) is 57.8 Å². The molecule has 0 heterocycles. The van der Waals surface area contributed by atoms with E-state index in [0.29, 0.717) is 17.4 Å². The second-order valence-corrected chi connectivity index (χ2v) is 13.5. The molecule has 3 heteroatoms. The second-order valence-electron chi connectivity index (χ2n) is 13.5. The number of hydrogen-bond donors (Lipinski definition) is 1. The lowest BCUT2D eigenvalue weighted by atomic mass is 9.47. The van der Waals surface area contributed by atoms with Gasteiger partial charge in [0.2, 0.25) is 0 Å². The summed E-state index contributed by atoms with van der Waals surface area (Å²) >= 11 is 0. The highest BCUT2D eigenvalue weighted by molar-refractivity contribution is 5.67. The Hall–Kier alpha value is -0.990. The molecule has 3 fully saturated rings. The molecule has 3 nitrogen and oxygen atoms in total. The van der Waals surface area contributed by atoms with Crippen molar-refractivity contribution in [2.24, 2.45) is 46.3 Å². The summed E-state index contributed by atoms with van der Waals surface area (Å²) in [6.07, 6.45) is 17.8. The molecule has 0 radical (unpaired) electrons. The third kappa shape index (κ3) is 4.96. The van der Waals surface area contributed by atoms with E-state index in [1.807, 2.05) is 0 Å². The van der Waals surface area contributed by atoms with Gasteiger partial charge >= 0.3 is 6.09 Å². The number of carbonyl (C=O) groups is 1. The zero-order chi connectivity index (χ0) is 24.5. The van der Waals surface area contributed by atoms with Gasteiger partial charge in [-0.15, -0.1) is 0 Å². The fraction of sp³-hybridized carbons (Fsp3) is 0.903. The summed E-state index contributed by atoms with van der Waals surface area (Å²) < 4.78 is 5.81. The summed E-state index contributed by atoms with van der Waals surface area (Å²) in [6.45, 7) is 15.3. The van der Waals surface area contributed by atoms with Crippen molar-refractivity contribution in [1.29, 1.82) is 0 Å². The number of fused-ring (bicyclic) bond motifs is 5. The molecule has 0 aromatic heterocycles. The fourth-order valence-corrected chi connectivity index (χ4v) is 9.17. The van der Waals surface area contributed by atoms with E-state index in [2.05, 4.69) is 52.9 Å². The van der Waals surface area contributed by atoms with Crippen molar-refractivity contribution in [3.05, 3.63) is 11.6 Å². The molecule has 0 unspecified atom stereocenters. The Morgan fingerprint density at radius 1 is 1.09 bits per heavy atom. The molecule has 8 atom stereocenters. The van der Waals surface area contributed by atoms with Crippen molar-refractivity contribution in [2.75, 3.05) is 6.54 Å². The maximum atomic E-state index is 12.1. The summed E-state index contributed by atoms with van der Waals surface area (Å²) in [5, 5.41) is 2.89. The average Bonchev–Trinajstić information content (AvgIpc) is 3.15. The zero-order valence-corrected chi connectivity index (χ0v) is 23.1. The third-order valence-corrected chi connectivity index (χ3v) is 11.1. The van der Waals surface area contributed by atoms with E-state index in [0.717, 1.165) is 54.8 Å². The van der Waals surface area contributed by atoms with Crippen LogP contribution in [-0.2, 0) is 4.74 Å². The lowest BCUT2D eigenvalue weighted by molar-refractivity contribution is -0.0581. The van der Waals surface area contributed by atoms with E-state index in [4.69, 9.17) is 4.74 Å². The first-order valence-electron chi connectivity index (χ1n) is 14.8. The number of alkyl carbamates (subject to hydrolysis) is 1. The quantitative estimate of drug-likeness (QED) is 0.360. The van der Waals surface area contributed by atoms with Gasteiger partial charge in [-0.25, -0.2) is 4.79 Å². The highest BCUT2D eigenvalue weighted by atomic mass is 16.6. The molecule has 4 rings (SSSR count). The molecular formula is C31H53NO2. The van der Waals surface area contributed by atoms with Gasteiger partial charge in [-0.2, -0.15) is 0 Å². The standard InChI is InChI=1S/C31H53NO2/c1-7-19-32-29(33)34-24-15-17-30(5)23(20-24)11-12-25-27-14-13-26(22(4)10-8-9-21(2)3)31(27,6)18-16-28(25)30/h11,21-22,24-28H,7-10,12-20H2,1-6H3,(H,32,33)/t22-,24+,25+,26-,27+,28+,30+,31-/m1/s1.